The summed E-state index contributed by atoms with van der Waals surface area (Å²) in [6.45, 7) is 0. The number of aliphatic hydroxyl groups excluding tert-OH is 2. The minimum absolute atomic E-state index is 0.0387. The van der Waals surface area contributed by atoms with E-state index in [0.717, 1.165) is 0 Å². The maximum absolute atomic E-state index is 10.6. The van der Waals surface area contributed by atoms with Gasteiger partial charge in [0.1, 0.15) is 11.9 Å². The molecule has 15 heavy (non-hydrogen) atoms. The first-order valence-corrected chi connectivity index (χ1v) is 4.14. The van der Waals surface area contributed by atoms with Gasteiger partial charge in [0, 0.05) is 11.1 Å². The number of aldehydes is 1. The summed E-state index contributed by atoms with van der Waals surface area (Å²) >= 11 is 0. The minimum atomic E-state index is -1.68. The Morgan fingerprint density at radius 2 is 2.07 bits per heavy atom. The van der Waals surface area contributed by atoms with Gasteiger partial charge in [-0.05, 0) is 6.07 Å². The highest BCUT2D eigenvalue weighted by Gasteiger charge is 2.23. The molecule has 1 aromatic rings. The predicted molar refractivity (Wildman–Crippen MR) is 50.1 cm³/mol. The number of aromatic hydroxyl groups is 1. The van der Waals surface area contributed by atoms with Gasteiger partial charge in [0.2, 0.25) is 0 Å². The maximum Gasteiger partial charge on any atom is 0.170 e. The van der Waals surface area contributed by atoms with Crippen molar-refractivity contribution < 1.29 is 20.1 Å². The molecule has 3 N–H and O–H groups in total. The van der Waals surface area contributed by atoms with Gasteiger partial charge >= 0.3 is 0 Å². The van der Waals surface area contributed by atoms with Crippen LogP contribution in [-0.4, -0.2) is 27.7 Å². The van der Waals surface area contributed by atoms with Gasteiger partial charge in [-0.2, -0.15) is 5.26 Å². The first kappa shape index (κ1) is 11.2. The van der Waals surface area contributed by atoms with E-state index in [1.807, 2.05) is 0 Å². The summed E-state index contributed by atoms with van der Waals surface area (Å²) < 4.78 is 0. The van der Waals surface area contributed by atoms with Crippen LogP contribution >= 0.6 is 0 Å². The van der Waals surface area contributed by atoms with E-state index in [2.05, 4.69) is 0 Å². The highest BCUT2D eigenvalue weighted by atomic mass is 16.3. The Balaban J connectivity index is 3.23. The Morgan fingerprint density at radius 3 is 2.60 bits per heavy atom. The molecule has 0 aliphatic heterocycles. The summed E-state index contributed by atoms with van der Waals surface area (Å²) in [6, 6.07) is 5.47. The molecule has 0 bridgehead atoms. The lowest BCUT2D eigenvalue weighted by molar-refractivity contribution is 0.0505. The van der Waals surface area contributed by atoms with Crippen LogP contribution in [0.25, 0.3) is 0 Å². The fraction of sp³-hybridized carbons (Fsp3) is 0.200. The summed E-state index contributed by atoms with van der Waals surface area (Å²) in [6.07, 6.45) is -2.85. The Hall–Kier alpha value is -1.90. The SMILES string of the molecule is N#CC(O)C(O)c1c(O)cccc1C=O. The molecule has 78 valence electrons. The third kappa shape index (κ3) is 2.13. The predicted octanol–water partition coefficient (Wildman–Crippen LogP) is 0.123. The summed E-state index contributed by atoms with van der Waals surface area (Å²) in [7, 11) is 0. The minimum Gasteiger partial charge on any atom is -0.508 e. The molecule has 0 saturated carbocycles. The zero-order chi connectivity index (χ0) is 11.4. The number of nitriles is 1. The van der Waals surface area contributed by atoms with Crippen LogP contribution in [0.1, 0.15) is 22.0 Å². The number of aliphatic hydroxyl groups is 2. The largest absolute Gasteiger partial charge is 0.508 e. The van der Waals surface area contributed by atoms with E-state index < -0.39 is 12.2 Å². The molecule has 5 nitrogen and oxygen atoms in total. The molecule has 0 saturated heterocycles. The maximum atomic E-state index is 10.6. The Kier molecular flexibility index (Phi) is 3.39. The fourth-order valence-corrected chi connectivity index (χ4v) is 1.22. The molecule has 0 aliphatic rings. The van der Waals surface area contributed by atoms with Gasteiger partial charge in [0.05, 0.1) is 6.07 Å². The molecule has 0 aromatic heterocycles. The second-order valence-electron chi connectivity index (χ2n) is 2.92. The van der Waals surface area contributed by atoms with E-state index in [9.17, 15) is 15.0 Å². The van der Waals surface area contributed by atoms with E-state index in [0.29, 0.717) is 6.29 Å². The third-order valence-electron chi connectivity index (χ3n) is 1.97. The van der Waals surface area contributed by atoms with Crippen molar-refractivity contribution in [3.8, 4) is 11.8 Å². The van der Waals surface area contributed by atoms with Gasteiger partial charge in [0.25, 0.3) is 0 Å². The van der Waals surface area contributed by atoms with Crippen LogP contribution in [0.5, 0.6) is 5.75 Å². The lowest BCUT2D eigenvalue weighted by atomic mass is 9.99. The number of nitrogens with zero attached hydrogens (tertiary/aromatic N) is 1. The van der Waals surface area contributed by atoms with Gasteiger partial charge < -0.3 is 15.3 Å². The van der Waals surface area contributed by atoms with E-state index in [1.54, 1.807) is 0 Å². The topological polar surface area (TPSA) is 102 Å². The van der Waals surface area contributed by atoms with E-state index >= 15 is 0 Å². The number of hydrogen-bond acceptors (Lipinski definition) is 5. The molecule has 0 aliphatic carbocycles. The second-order valence-corrected chi connectivity index (χ2v) is 2.92. The monoisotopic (exact) mass is 207 g/mol. The number of benzene rings is 1. The molecule has 5 heteroatoms. The molecule has 0 fully saturated rings. The summed E-state index contributed by atoms with van der Waals surface area (Å²) in [5.41, 5.74) is -0.0987. The van der Waals surface area contributed by atoms with Gasteiger partial charge in [-0.25, -0.2) is 0 Å². The average Bonchev–Trinajstić information content (AvgIpc) is 2.26. The van der Waals surface area contributed by atoms with Crippen molar-refractivity contribution in [1.29, 1.82) is 5.26 Å². The molecule has 0 spiro atoms. The highest BCUT2D eigenvalue weighted by Crippen LogP contribution is 2.28. The number of phenols is 1. The normalized spacial score (nSPS) is 13.9. The van der Waals surface area contributed by atoms with Crippen LogP contribution in [0.3, 0.4) is 0 Å². The van der Waals surface area contributed by atoms with Crippen molar-refractivity contribution in [2.75, 3.05) is 0 Å². The Morgan fingerprint density at radius 1 is 1.40 bits per heavy atom. The number of carbonyl (C=O) groups is 1. The van der Waals surface area contributed by atoms with Crippen molar-refractivity contribution >= 4 is 6.29 Å². The van der Waals surface area contributed by atoms with Crippen molar-refractivity contribution in [1.82, 2.24) is 0 Å². The van der Waals surface area contributed by atoms with Gasteiger partial charge in [0.15, 0.2) is 12.4 Å². The summed E-state index contributed by atoms with van der Waals surface area (Å²) in [5, 5.41) is 36.4. The summed E-state index contributed by atoms with van der Waals surface area (Å²) in [4.78, 5) is 10.6. The van der Waals surface area contributed by atoms with Crippen LogP contribution in [-0.2, 0) is 0 Å². The summed E-state index contributed by atoms with van der Waals surface area (Å²) in [5.74, 6) is -0.332. The van der Waals surface area contributed by atoms with E-state index in [4.69, 9.17) is 10.4 Å². The molecule has 1 rings (SSSR count). The molecule has 0 radical (unpaired) electrons. The fourth-order valence-electron chi connectivity index (χ4n) is 1.22. The van der Waals surface area contributed by atoms with Crippen LogP contribution in [0.15, 0.2) is 18.2 Å². The molecule has 0 heterocycles. The van der Waals surface area contributed by atoms with Crippen molar-refractivity contribution in [2.24, 2.45) is 0 Å². The second kappa shape index (κ2) is 4.55. The number of phenolic OH excluding ortho intramolecular Hbond substituents is 1. The van der Waals surface area contributed by atoms with Crippen molar-refractivity contribution in [3.05, 3.63) is 29.3 Å². The van der Waals surface area contributed by atoms with Crippen molar-refractivity contribution in [3.63, 3.8) is 0 Å². The average molecular weight is 207 g/mol. The van der Waals surface area contributed by atoms with Gasteiger partial charge in [-0.3, -0.25) is 4.79 Å². The van der Waals surface area contributed by atoms with Crippen LogP contribution < -0.4 is 0 Å². The zero-order valence-electron chi connectivity index (χ0n) is 7.66. The van der Waals surface area contributed by atoms with Crippen LogP contribution in [0.4, 0.5) is 0 Å². The standard InChI is InChI=1S/C10H9NO4/c11-4-8(14)10(15)9-6(5-12)2-1-3-7(9)13/h1-3,5,8,10,13-15H. The molecule has 2 atom stereocenters. The van der Waals surface area contributed by atoms with Crippen LogP contribution in [0.2, 0.25) is 0 Å². The van der Waals surface area contributed by atoms with Gasteiger partial charge in [-0.1, -0.05) is 12.1 Å². The quantitative estimate of drug-likeness (QED) is 0.482. The lowest BCUT2D eigenvalue weighted by Crippen LogP contribution is -2.17. The van der Waals surface area contributed by atoms with E-state index in [-0.39, 0.29) is 16.9 Å². The van der Waals surface area contributed by atoms with Crippen LogP contribution in [0, 0.1) is 11.3 Å². The Labute approximate surface area is 85.8 Å². The van der Waals surface area contributed by atoms with Gasteiger partial charge in [-0.15, -0.1) is 0 Å². The Bertz CT molecular complexity index is 410. The number of rotatable bonds is 3. The molecular formula is C10H9NO4. The third-order valence-corrected chi connectivity index (χ3v) is 1.97. The molecule has 1 aromatic carbocycles. The molecular weight excluding hydrogens is 198 g/mol. The smallest absolute Gasteiger partial charge is 0.170 e. The first-order valence-electron chi connectivity index (χ1n) is 4.14. The zero-order valence-corrected chi connectivity index (χ0v) is 7.66. The first-order chi connectivity index (χ1) is 7.11. The number of hydrogen-bond donors (Lipinski definition) is 3. The molecule has 2 unspecified atom stereocenters. The lowest BCUT2D eigenvalue weighted by Gasteiger charge is -2.15. The number of carbonyl (C=O) groups excluding carboxylic acids is 1. The van der Waals surface area contributed by atoms with E-state index in [1.165, 1.54) is 24.3 Å². The molecule has 0 amide bonds. The highest BCUT2D eigenvalue weighted by molar-refractivity contribution is 5.79. The van der Waals surface area contributed by atoms with Crippen molar-refractivity contribution in [2.45, 2.75) is 12.2 Å².